The lowest BCUT2D eigenvalue weighted by Gasteiger charge is -2.23. The summed E-state index contributed by atoms with van der Waals surface area (Å²) < 4.78 is 11.5. The number of hydrogen-bond acceptors (Lipinski definition) is 4. The SMILES string of the molecule is CCCCCC(=O)/C=C/[C@@]12CCC[C@@H]1O[C@H](COCCC(=O)O)C2. The maximum absolute atomic E-state index is 12.0. The quantitative estimate of drug-likeness (QED) is 0.461. The van der Waals surface area contributed by atoms with Gasteiger partial charge in [-0.05, 0) is 38.2 Å². The van der Waals surface area contributed by atoms with Crippen LogP contribution in [0.3, 0.4) is 0 Å². The van der Waals surface area contributed by atoms with E-state index in [0.717, 1.165) is 44.9 Å². The molecule has 0 amide bonds. The molecule has 2 aliphatic rings. The summed E-state index contributed by atoms with van der Waals surface area (Å²) in [5, 5.41) is 8.62. The molecule has 0 unspecified atom stereocenters. The Kier molecular flexibility index (Phi) is 7.43. The maximum atomic E-state index is 12.0. The number of carboxylic acid groups (broad SMARTS) is 1. The highest BCUT2D eigenvalue weighted by Gasteiger charge is 2.49. The van der Waals surface area contributed by atoms with Crippen molar-refractivity contribution in [3.63, 3.8) is 0 Å². The van der Waals surface area contributed by atoms with Crippen LogP contribution in [0.1, 0.15) is 64.7 Å². The van der Waals surface area contributed by atoms with Crippen molar-refractivity contribution < 1.29 is 24.2 Å². The van der Waals surface area contributed by atoms with Gasteiger partial charge in [-0.2, -0.15) is 0 Å². The first-order valence-corrected chi connectivity index (χ1v) is 9.23. The van der Waals surface area contributed by atoms with E-state index < -0.39 is 5.97 Å². The molecule has 0 aromatic carbocycles. The van der Waals surface area contributed by atoms with Gasteiger partial charge in [0, 0.05) is 11.8 Å². The average molecular weight is 338 g/mol. The molecule has 0 aromatic rings. The van der Waals surface area contributed by atoms with Gasteiger partial charge >= 0.3 is 5.97 Å². The average Bonchev–Trinajstić information content (AvgIpc) is 3.06. The van der Waals surface area contributed by atoms with Crippen molar-refractivity contribution in [2.45, 2.75) is 76.9 Å². The molecule has 1 heterocycles. The van der Waals surface area contributed by atoms with Gasteiger partial charge in [0.1, 0.15) is 0 Å². The molecule has 0 bridgehead atoms. The van der Waals surface area contributed by atoms with Gasteiger partial charge in [0.15, 0.2) is 5.78 Å². The minimum absolute atomic E-state index is 0.00365. The minimum atomic E-state index is -0.847. The Morgan fingerprint density at radius 1 is 1.33 bits per heavy atom. The lowest BCUT2D eigenvalue weighted by Crippen LogP contribution is -2.22. The second-order valence-corrected chi connectivity index (χ2v) is 7.05. The van der Waals surface area contributed by atoms with Gasteiger partial charge in [0.2, 0.25) is 0 Å². The summed E-state index contributed by atoms with van der Waals surface area (Å²) >= 11 is 0. The highest BCUT2D eigenvalue weighted by Crippen LogP contribution is 2.50. The van der Waals surface area contributed by atoms with Crippen molar-refractivity contribution >= 4 is 11.8 Å². The molecule has 136 valence electrons. The molecular weight excluding hydrogens is 308 g/mol. The van der Waals surface area contributed by atoms with Crippen molar-refractivity contribution in [3.8, 4) is 0 Å². The van der Waals surface area contributed by atoms with Crippen molar-refractivity contribution in [3.05, 3.63) is 12.2 Å². The predicted octanol–water partition coefficient (Wildman–Crippen LogP) is 3.51. The van der Waals surface area contributed by atoms with Gasteiger partial charge in [-0.15, -0.1) is 0 Å². The van der Waals surface area contributed by atoms with E-state index >= 15 is 0 Å². The smallest absolute Gasteiger partial charge is 0.305 e. The molecule has 24 heavy (non-hydrogen) atoms. The summed E-state index contributed by atoms with van der Waals surface area (Å²) in [5.74, 6) is -0.634. The lowest BCUT2D eigenvalue weighted by molar-refractivity contribution is -0.138. The van der Waals surface area contributed by atoms with Crippen molar-refractivity contribution in [1.82, 2.24) is 0 Å². The molecule has 2 fully saturated rings. The van der Waals surface area contributed by atoms with Crippen LogP contribution in [0.2, 0.25) is 0 Å². The van der Waals surface area contributed by atoms with Crippen LogP contribution < -0.4 is 0 Å². The number of ether oxygens (including phenoxy) is 2. The number of rotatable bonds is 11. The van der Waals surface area contributed by atoms with Crippen LogP contribution in [0.5, 0.6) is 0 Å². The Labute approximate surface area is 144 Å². The monoisotopic (exact) mass is 338 g/mol. The number of unbranched alkanes of at least 4 members (excludes halogenated alkanes) is 2. The fraction of sp³-hybridized carbons (Fsp3) is 0.789. The number of carbonyl (C=O) groups is 2. The van der Waals surface area contributed by atoms with Gasteiger partial charge in [0.05, 0.1) is 31.8 Å². The Hall–Kier alpha value is -1.20. The van der Waals surface area contributed by atoms with Crippen LogP contribution in [0.15, 0.2) is 12.2 Å². The molecule has 1 saturated carbocycles. The first kappa shape index (κ1) is 19.1. The molecule has 0 radical (unpaired) electrons. The lowest BCUT2D eigenvalue weighted by atomic mass is 9.80. The fourth-order valence-corrected chi connectivity index (χ4v) is 3.83. The summed E-state index contributed by atoms with van der Waals surface area (Å²) in [6, 6.07) is 0. The summed E-state index contributed by atoms with van der Waals surface area (Å²) in [6.45, 7) is 2.79. The number of ketones is 1. The van der Waals surface area contributed by atoms with Crippen LogP contribution in [0, 0.1) is 5.41 Å². The van der Waals surface area contributed by atoms with Gasteiger partial charge in [0.25, 0.3) is 0 Å². The molecule has 1 aliphatic heterocycles. The van der Waals surface area contributed by atoms with E-state index in [1.807, 2.05) is 0 Å². The van der Waals surface area contributed by atoms with Crippen LogP contribution in [-0.4, -0.2) is 42.3 Å². The van der Waals surface area contributed by atoms with Crippen LogP contribution in [0.4, 0.5) is 0 Å². The normalized spacial score (nSPS) is 29.2. The third-order valence-electron chi connectivity index (χ3n) is 5.11. The van der Waals surface area contributed by atoms with Gasteiger partial charge in [-0.1, -0.05) is 25.8 Å². The second kappa shape index (κ2) is 9.33. The van der Waals surface area contributed by atoms with Crippen LogP contribution >= 0.6 is 0 Å². The summed E-state index contributed by atoms with van der Waals surface area (Å²) in [6.07, 6.45) is 12.0. The van der Waals surface area contributed by atoms with E-state index in [1.165, 1.54) is 0 Å². The van der Waals surface area contributed by atoms with E-state index in [0.29, 0.717) is 13.0 Å². The molecule has 5 heteroatoms. The van der Waals surface area contributed by atoms with E-state index in [1.54, 1.807) is 6.08 Å². The molecule has 0 spiro atoms. The van der Waals surface area contributed by atoms with Gasteiger partial charge in [-0.25, -0.2) is 0 Å². The highest BCUT2D eigenvalue weighted by atomic mass is 16.5. The molecular formula is C19H30O5. The number of carboxylic acids is 1. The molecule has 5 nitrogen and oxygen atoms in total. The molecule has 1 saturated heterocycles. The number of allylic oxidation sites excluding steroid dienone is 1. The first-order chi connectivity index (χ1) is 11.6. The van der Waals surface area contributed by atoms with Gasteiger partial charge < -0.3 is 14.6 Å². The van der Waals surface area contributed by atoms with E-state index in [4.69, 9.17) is 14.6 Å². The van der Waals surface area contributed by atoms with Crippen molar-refractivity contribution in [2.75, 3.05) is 13.2 Å². The first-order valence-electron chi connectivity index (χ1n) is 9.23. The fourth-order valence-electron chi connectivity index (χ4n) is 3.83. The topological polar surface area (TPSA) is 72.8 Å². The molecule has 3 atom stereocenters. The number of hydrogen-bond donors (Lipinski definition) is 1. The predicted molar refractivity (Wildman–Crippen MR) is 90.9 cm³/mol. The number of carbonyl (C=O) groups excluding carboxylic acids is 1. The third-order valence-corrected chi connectivity index (χ3v) is 5.11. The van der Waals surface area contributed by atoms with Crippen molar-refractivity contribution in [1.29, 1.82) is 0 Å². The Balaban J connectivity index is 1.81. The highest BCUT2D eigenvalue weighted by molar-refractivity contribution is 5.89. The largest absolute Gasteiger partial charge is 0.481 e. The van der Waals surface area contributed by atoms with E-state index in [-0.39, 0.29) is 36.4 Å². The molecule has 1 aliphatic carbocycles. The second-order valence-electron chi connectivity index (χ2n) is 7.05. The number of aliphatic carboxylic acids is 1. The summed E-state index contributed by atoms with van der Waals surface area (Å²) in [7, 11) is 0. The van der Waals surface area contributed by atoms with Gasteiger partial charge in [-0.3, -0.25) is 9.59 Å². The van der Waals surface area contributed by atoms with E-state index in [9.17, 15) is 9.59 Å². The Morgan fingerprint density at radius 3 is 2.92 bits per heavy atom. The van der Waals surface area contributed by atoms with E-state index in [2.05, 4.69) is 13.0 Å². The molecule has 1 N–H and O–H groups in total. The van der Waals surface area contributed by atoms with Crippen LogP contribution in [-0.2, 0) is 19.1 Å². The molecule has 0 aromatic heterocycles. The Morgan fingerprint density at radius 2 is 2.17 bits per heavy atom. The van der Waals surface area contributed by atoms with Crippen LogP contribution in [0.25, 0.3) is 0 Å². The molecule has 2 rings (SSSR count). The third kappa shape index (κ3) is 5.42. The standard InChI is InChI=1S/C19H30O5/c1-2-3-4-6-15(20)8-11-19-10-5-7-17(19)24-16(13-19)14-23-12-9-18(21)22/h8,11,16-17H,2-7,9-10,12-14H2,1H3,(H,21,22)/b11-8+/t16-,17-,19+/m0/s1. The Bertz CT molecular complexity index is 459. The summed E-state index contributed by atoms with van der Waals surface area (Å²) in [4.78, 5) is 22.5. The maximum Gasteiger partial charge on any atom is 0.305 e. The zero-order chi connectivity index (χ0) is 17.4. The number of fused-ring (bicyclic) bond motifs is 1. The zero-order valence-corrected chi connectivity index (χ0v) is 14.7. The zero-order valence-electron chi connectivity index (χ0n) is 14.7. The minimum Gasteiger partial charge on any atom is -0.481 e. The van der Waals surface area contributed by atoms with Crippen molar-refractivity contribution in [2.24, 2.45) is 5.41 Å². The summed E-state index contributed by atoms with van der Waals surface area (Å²) in [5.41, 5.74) is -0.0265.